The number of pyridine rings is 1. The molecule has 3 aromatic rings. The lowest BCUT2D eigenvalue weighted by Gasteiger charge is -2.08. The van der Waals surface area contributed by atoms with Crippen LogP contribution in [0.2, 0.25) is 0 Å². The highest BCUT2D eigenvalue weighted by atomic mass is 32.2. The van der Waals surface area contributed by atoms with Crippen LogP contribution in [0.5, 0.6) is 0 Å². The quantitative estimate of drug-likeness (QED) is 0.576. The largest absolute Gasteiger partial charge is 0.309 e. The van der Waals surface area contributed by atoms with E-state index < -0.39 is 9.84 Å². The molecular formula is C18H21N5O3S2. The second kappa shape index (κ2) is 7.32. The third kappa shape index (κ3) is 3.97. The Labute approximate surface area is 166 Å². The van der Waals surface area contributed by atoms with Crippen LogP contribution in [0, 0.1) is 12.8 Å². The predicted molar refractivity (Wildman–Crippen MR) is 107 cm³/mol. The Balaban J connectivity index is 1.48. The number of aromatic nitrogens is 5. The van der Waals surface area contributed by atoms with Crippen molar-refractivity contribution >= 4 is 27.2 Å². The maximum atomic E-state index is 12.3. The Hall–Kier alpha value is -2.20. The van der Waals surface area contributed by atoms with Crippen LogP contribution < -0.4 is 5.56 Å². The van der Waals surface area contributed by atoms with E-state index in [4.69, 9.17) is 0 Å². The maximum absolute atomic E-state index is 12.3. The van der Waals surface area contributed by atoms with Gasteiger partial charge >= 0.3 is 0 Å². The topological polar surface area (TPSA) is 99.2 Å². The molecule has 0 aromatic carbocycles. The van der Waals surface area contributed by atoms with Gasteiger partial charge in [-0.2, -0.15) is 0 Å². The van der Waals surface area contributed by atoms with E-state index in [2.05, 4.69) is 15.2 Å². The number of nitrogens with zero attached hydrogens (tertiary/aromatic N) is 5. The third-order valence-corrected chi connectivity index (χ3v) is 7.84. The van der Waals surface area contributed by atoms with E-state index in [1.54, 1.807) is 6.20 Å². The molecule has 1 atom stereocenters. The first-order chi connectivity index (χ1) is 13.3. The summed E-state index contributed by atoms with van der Waals surface area (Å²) in [6.07, 6.45) is 3.02. The molecule has 10 heteroatoms. The van der Waals surface area contributed by atoms with E-state index in [1.165, 1.54) is 22.2 Å². The van der Waals surface area contributed by atoms with E-state index in [1.807, 2.05) is 30.7 Å². The monoisotopic (exact) mass is 419 g/mol. The zero-order valence-corrected chi connectivity index (χ0v) is 17.3. The molecule has 8 nitrogen and oxygen atoms in total. The number of aryl methyl sites for hydroxylation is 1. The van der Waals surface area contributed by atoms with Crippen LogP contribution in [0.25, 0.3) is 5.65 Å². The fourth-order valence-corrected chi connectivity index (χ4v) is 6.09. The molecule has 148 valence electrons. The summed E-state index contributed by atoms with van der Waals surface area (Å²) in [5.41, 5.74) is 2.25. The van der Waals surface area contributed by atoms with Crippen molar-refractivity contribution in [3.63, 3.8) is 0 Å². The van der Waals surface area contributed by atoms with Crippen molar-refractivity contribution in [1.29, 1.82) is 0 Å². The zero-order chi connectivity index (χ0) is 19.9. The Kier molecular flexibility index (Phi) is 5.00. The molecule has 1 aliphatic rings. The van der Waals surface area contributed by atoms with Crippen LogP contribution in [0.3, 0.4) is 0 Å². The minimum Gasteiger partial charge on any atom is -0.309 e. The Morgan fingerprint density at radius 1 is 1.29 bits per heavy atom. The van der Waals surface area contributed by atoms with Crippen LogP contribution in [-0.2, 0) is 29.1 Å². The van der Waals surface area contributed by atoms with Gasteiger partial charge in [-0.3, -0.25) is 9.20 Å². The molecule has 0 N–H and O–H groups in total. The van der Waals surface area contributed by atoms with Crippen molar-refractivity contribution in [3.05, 3.63) is 51.8 Å². The number of hydrogen-bond donors (Lipinski definition) is 0. The summed E-state index contributed by atoms with van der Waals surface area (Å²) < 4.78 is 26.7. The predicted octanol–water partition coefficient (Wildman–Crippen LogP) is 1.40. The molecule has 3 aromatic heterocycles. The molecular weight excluding hydrogens is 398 g/mol. The van der Waals surface area contributed by atoms with Crippen LogP contribution >= 0.6 is 11.8 Å². The fraction of sp³-hybridized carbons (Fsp3) is 0.444. The summed E-state index contributed by atoms with van der Waals surface area (Å²) in [6.45, 7) is 1.96. The summed E-state index contributed by atoms with van der Waals surface area (Å²) in [4.78, 5) is 16.8. The lowest BCUT2D eigenvalue weighted by Crippen LogP contribution is -2.15. The summed E-state index contributed by atoms with van der Waals surface area (Å²) in [5, 5.41) is 9.18. The van der Waals surface area contributed by atoms with E-state index in [0.29, 0.717) is 29.9 Å². The van der Waals surface area contributed by atoms with E-state index in [0.717, 1.165) is 16.5 Å². The molecule has 0 saturated carbocycles. The summed E-state index contributed by atoms with van der Waals surface area (Å²) in [5.74, 6) is 1.89. The van der Waals surface area contributed by atoms with Crippen molar-refractivity contribution in [2.24, 2.45) is 13.0 Å². The van der Waals surface area contributed by atoms with Gasteiger partial charge in [0.1, 0.15) is 11.5 Å². The van der Waals surface area contributed by atoms with Crippen molar-refractivity contribution in [2.75, 3.05) is 11.5 Å². The Morgan fingerprint density at radius 2 is 2.11 bits per heavy atom. The van der Waals surface area contributed by atoms with Gasteiger partial charge < -0.3 is 4.57 Å². The molecule has 1 unspecified atom stereocenters. The normalized spacial score (nSPS) is 18.7. The van der Waals surface area contributed by atoms with Gasteiger partial charge in [0.2, 0.25) is 0 Å². The van der Waals surface area contributed by atoms with E-state index >= 15 is 0 Å². The molecule has 1 saturated heterocycles. The van der Waals surface area contributed by atoms with E-state index in [9.17, 15) is 13.2 Å². The van der Waals surface area contributed by atoms with Crippen LogP contribution in [0.1, 0.15) is 23.5 Å². The SMILES string of the molecule is Cc1ccn2c(=O)cc(CSc3nnc(CC4CCS(=O)(=O)C4)n3C)nc2c1. The van der Waals surface area contributed by atoms with Gasteiger partial charge in [0.05, 0.1) is 17.2 Å². The average molecular weight is 420 g/mol. The number of sulfone groups is 1. The van der Waals surface area contributed by atoms with Gasteiger partial charge in [0.25, 0.3) is 5.56 Å². The fourth-order valence-electron chi connectivity index (χ4n) is 3.41. The van der Waals surface area contributed by atoms with Crippen LogP contribution in [-0.4, -0.2) is 44.1 Å². The standard InChI is InChI=1S/C18H21N5O3S2/c1-12-3-5-23-15(7-12)19-14(9-17(23)24)10-27-18-21-20-16(22(18)2)8-13-4-6-28(25,26)11-13/h3,5,7,9,13H,4,6,8,10-11H2,1-2H3. The number of hydrogen-bond acceptors (Lipinski definition) is 7. The first-order valence-electron chi connectivity index (χ1n) is 9.01. The smallest absolute Gasteiger partial charge is 0.258 e. The van der Waals surface area contributed by atoms with Gasteiger partial charge in [-0.25, -0.2) is 13.4 Å². The average Bonchev–Trinajstić information content (AvgIpc) is 3.15. The number of rotatable bonds is 5. The lowest BCUT2D eigenvalue weighted by molar-refractivity contribution is 0.552. The van der Waals surface area contributed by atoms with Crippen molar-refractivity contribution in [1.82, 2.24) is 24.1 Å². The van der Waals surface area contributed by atoms with Crippen LogP contribution in [0.15, 0.2) is 34.3 Å². The maximum Gasteiger partial charge on any atom is 0.258 e. The third-order valence-electron chi connectivity index (χ3n) is 4.95. The molecule has 4 heterocycles. The molecule has 0 spiro atoms. The summed E-state index contributed by atoms with van der Waals surface area (Å²) in [7, 11) is -1.01. The summed E-state index contributed by atoms with van der Waals surface area (Å²) in [6, 6.07) is 5.29. The molecule has 1 fully saturated rings. The highest BCUT2D eigenvalue weighted by molar-refractivity contribution is 7.98. The van der Waals surface area contributed by atoms with Gasteiger partial charge in [-0.05, 0) is 37.0 Å². The molecule has 0 bridgehead atoms. The van der Waals surface area contributed by atoms with Crippen LogP contribution in [0.4, 0.5) is 0 Å². The first kappa shape index (κ1) is 19.1. The zero-order valence-electron chi connectivity index (χ0n) is 15.7. The molecule has 0 amide bonds. The van der Waals surface area contributed by atoms with Gasteiger partial charge in [-0.15, -0.1) is 10.2 Å². The molecule has 0 radical (unpaired) electrons. The van der Waals surface area contributed by atoms with Gasteiger partial charge in [-0.1, -0.05) is 11.8 Å². The molecule has 4 rings (SSSR count). The minimum atomic E-state index is -2.90. The Bertz CT molecular complexity index is 1200. The minimum absolute atomic E-state index is 0.108. The van der Waals surface area contributed by atoms with Crippen molar-refractivity contribution in [2.45, 2.75) is 30.7 Å². The second-order valence-corrected chi connectivity index (χ2v) is 10.4. The van der Waals surface area contributed by atoms with Crippen molar-refractivity contribution < 1.29 is 8.42 Å². The number of fused-ring (bicyclic) bond motifs is 1. The molecule has 1 aliphatic heterocycles. The highest BCUT2D eigenvalue weighted by Gasteiger charge is 2.29. The number of thioether (sulfide) groups is 1. The Morgan fingerprint density at radius 3 is 2.86 bits per heavy atom. The van der Waals surface area contributed by atoms with Gasteiger partial charge in [0.15, 0.2) is 15.0 Å². The van der Waals surface area contributed by atoms with Crippen molar-refractivity contribution in [3.8, 4) is 0 Å². The summed E-state index contributed by atoms with van der Waals surface area (Å²) >= 11 is 1.46. The first-order valence-corrected chi connectivity index (χ1v) is 11.8. The van der Waals surface area contributed by atoms with E-state index in [-0.39, 0.29) is 23.0 Å². The second-order valence-electron chi connectivity index (χ2n) is 7.24. The highest BCUT2D eigenvalue weighted by Crippen LogP contribution is 2.25. The lowest BCUT2D eigenvalue weighted by atomic mass is 10.1. The van der Waals surface area contributed by atoms with Gasteiger partial charge in [0, 0.05) is 31.5 Å². The molecule has 0 aliphatic carbocycles. The molecule has 28 heavy (non-hydrogen) atoms.